The van der Waals surface area contributed by atoms with E-state index in [0.717, 1.165) is 5.56 Å². The maximum absolute atomic E-state index is 12.8. The molecule has 1 heterocycles. The van der Waals surface area contributed by atoms with Crippen LogP contribution in [0.1, 0.15) is 15.9 Å². The fourth-order valence-electron chi connectivity index (χ4n) is 2.58. The predicted octanol–water partition coefficient (Wildman–Crippen LogP) is 1.65. The van der Waals surface area contributed by atoms with Crippen molar-refractivity contribution in [1.82, 2.24) is 4.90 Å². The van der Waals surface area contributed by atoms with E-state index >= 15 is 0 Å². The van der Waals surface area contributed by atoms with Gasteiger partial charge in [-0.1, -0.05) is 30.3 Å². The van der Waals surface area contributed by atoms with E-state index in [4.69, 9.17) is 4.74 Å². The molecule has 0 unspecified atom stereocenters. The van der Waals surface area contributed by atoms with Crippen LogP contribution < -0.4 is 10.1 Å². The second kappa shape index (κ2) is 7.14. The molecule has 124 valence electrons. The summed E-state index contributed by atoms with van der Waals surface area (Å²) < 4.78 is 5.30. The summed E-state index contributed by atoms with van der Waals surface area (Å²) >= 11 is 0. The standard InChI is InChI=1S/C18H18N2O4/c21-9-8-20(11-13-4-2-1-3-5-13)18(23)14-6-7-16-15(10-14)19-17(22)12-24-16/h1-7,10,21H,8-9,11-12H2,(H,19,22). The molecule has 0 radical (unpaired) electrons. The average Bonchev–Trinajstić information content (AvgIpc) is 2.61. The first-order valence-corrected chi connectivity index (χ1v) is 7.68. The quantitative estimate of drug-likeness (QED) is 0.876. The molecule has 0 atom stereocenters. The van der Waals surface area contributed by atoms with Crippen LogP contribution in [0.2, 0.25) is 0 Å². The highest BCUT2D eigenvalue weighted by atomic mass is 16.5. The molecule has 6 heteroatoms. The summed E-state index contributed by atoms with van der Waals surface area (Å²) in [6.07, 6.45) is 0. The first-order chi connectivity index (χ1) is 11.7. The van der Waals surface area contributed by atoms with Crippen molar-refractivity contribution in [2.75, 3.05) is 25.1 Å². The molecule has 2 N–H and O–H groups in total. The minimum Gasteiger partial charge on any atom is -0.482 e. The van der Waals surface area contributed by atoms with Gasteiger partial charge in [-0.15, -0.1) is 0 Å². The maximum atomic E-state index is 12.8. The maximum Gasteiger partial charge on any atom is 0.262 e. The van der Waals surface area contributed by atoms with Gasteiger partial charge in [-0.25, -0.2) is 0 Å². The SMILES string of the molecule is O=C1COc2ccc(C(=O)N(CCO)Cc3ccccc3)cc2N1. The molecule has 0 saturated heterocycles. The van der Waals surface area contributed by atoms with Gasteiger partial charge in [0, 0.05) is 18.7 Å². The van der Waals surface area contributed by atoms with Crippen molar-refractivity contribution in [2.24, 2.45) is 0 Å². The third-order valence-corrected chi connectivity index (χ3v) is 3.73. The Kier molecular flexibility index (Phi) is 4.77. The highest BCUT2D eigenvalue weighted by molar-refractivity contribution is 5.99. The number of hydrogen-bond acceptors (Lipinski definition) is 4. The number of carbonyl (C=O) groups excluding carboxylic acids is 2. The number of hydrogen-bond donors (Lipinski definition) is 2. The molecular weight excluding hydrogens is 308 g/mol. The third kappa shape index (κ3) is 3.55. The van der Waals surface area contributed by atoms with Crippen LogP contribution in [0, 0.1) is 0 Å². The number of rotatable bonds is 5. The average molecular weight is 326 g/mol. The molecule has 0 spiro atoms. The predicted molar refractivity (Wildman–Crippen MR) is 88.8 cm³/mol. The summed E-state index contributed by atoms with van der Waals surface area (Å²) in [4.78, 5) is 25.8. The molecule has 0 bridgehead atoms. The first-order valence-electron chi connectivity index (χ1n) is 7.68. The number of benzene rings is 2. The lowest BCUT2D eigenvalue weighted by molar-refractivity contribution is -0.118. The monoisotopic (exact) mass is 326 g/mol. The van der Waals surface area contributed by atoms with Gasteiger partial charge in [-0.05, 0) is 23.8 Å². The molecule has 2 aromatic carbocycles. The Hall–Kier alpha value is -2.86. The van der Waals surface area contributed by atoms with Crippen molar-refractivity contribution in [3.63, 3.8) is 0 Å². The van der Waals surface area contributed by atoms with E-state index in [1.165, 1.54) is 0 Å². The Morgan fingerprint density at radius 3 is 2.75 bits per heavy atom. The van der Waals surface area contributed by atoms with Crippen LogP contribution in [0.25, 0.3) is 0 Å². The van der Waals surface area contributed by atoms with E-state index < -0.39 is 0 Å². The summed E-state index contributed by atoms with van der Waals surface area (Å²) in [7, 11) is 0. The number of anilines is 1. The lowest BCUT2D eigenvalue weighted by Gasteiger charge is -2.23. The number of fused-ring (bicyclic) bond motifs is 1. The Bertz CT molecular complexity index is 746. The smallest absolute Gasteiger partial charge is 0.262 e. The lowest BCUT2D eigenvalue weighted by Crippen LogP contribution is -2.33. The summed E-state index contributed by atoms with van der Waals surface area (Å²) in [6.45, 7) is 0.488. The molecule has 2 amide bonds. The number of aliphatic hydroxyl groups is 1. The molecule has 0 saturated carbocycles. The van der Waals surface area contributed by atoms with Crippen LogP contribution in [0.3, 0.4) is 0 Å². The van der Waals surface area contributed by atoms with E-state index in [0.29, 0.717) is 23.5 Å². The van der Waals surface area contributed by atoms with Crippen molar-refractivity contribution >= 4 is 17.5 Å². The summed E-state index contributed by atoms with van der Waals surface area (Å²) in [6, 6.07) is 14.5. The molecule has 6 nitrogen and oxygen atoms in total. The normalized spacial score (nSPS) is 12.8. The van der Waals surface area contributed by atoms with Crippen LogP contribution in [-0.2, 0) is 11.3 Å². The van der Waals surface area contributed by atoms with Crippen LogP contribution in [0.4, 0.5) is 5.69 Å². The molecule has 1 aliphatic rings. The van der Waals surface area contributed by atoms with Crippen molar-refractivity contribution in [1.29, 1.82) is 0 Å². The molecule has 0 fully saturated rings. The number of carbonyl (C=O) groups is 2. The minimum absolute atomic E-state index is 0.0229. The summed E-state index contributed by atoms with van der Waals surface area (Å²) in [5.41, 5.74) is 1.90. The number of ether oxygens (including phenoxy) is 1. The Morgan fingerprint density at radius 2 is 2.00 bits per heavy atom. The van der Waals surface area contributed by atoms with Crippen molar-refractivity contribution in [3.05, 3.63) is 59.7 Å². The van der Waals surface area contributed by atoms with Gasteiger partial charge >= 0.3 is 0 Å². The van der Waals surface area contributed by atoms with E-state index in [1.54, 1.807) is 23.1 Å². The zero-order valence-electron chi connectivity index (χ0n) is 13.1. The molecule has 0 aliphatic carbocycles. The largest absolute Gasteiger partial charge is 0.482 e. The fraction of sp³-hybridized carbons (Fsp3) is 0.222. The highest BCUT2D eigenvalue weighted by Crippen LogP contribution is 2.29. The molecular formula is C18H18N2O4. The third-order valence-electron chi connectivity index (χ3n) is 3.73. The van der Waals surface area contributed by atoms with Gasteiger partial charge in [-0.3, -0.25) is 9.59 Å². The number of aliphatic hydroxyl groups excluding tert-OH is 1. The van der Waals surface area contributed by atoms with E-state index in [-0.39, 0.29) is 31.6 Å². The van der Waals surface area contributed by atoms with Crippen molar-refractivity contribution < 1.29 is 19.4 Å². The number of amides is 2. The van der Waals surface area contributed by atoms with Gasteiger partial charge in [-0.2, -0.15) is 0 Å². The topological polar surface area (TPSA) is 78.9 Å². The van der Waals surface area contributed by atoms with E-state index in [1.807, 2.05) is 30.3 Å². The van der Waals surface area contributed by atoms with Crippen LogP contribution >= 0.6 is 0 Å². The first kappa shape index (κ1) is 16.0. The van der Waals surface area contributed by atoms with Crippen molar-refractivity contribution in [3.8, 4) is 5.75 Å². The Morgan fingerprint density at radius 1 is 1.21 bits per heavy atom. The molecule has 2 aromatic rings. The molecule has 1 aliphatic heterocycles. The fourth-order valence-corrected chi connectivity index (χ4v) is 2.58. The van der Waals surface area contributed by atoms with Crippen LogP contribution in [-0.4, -0.2) is 41.6 Å². The zero-order chi connectivity index (χ0) is 16.9. The number of nitrogens with one attached hydrogen (secondary N) is 1. The second-order valence-corrected chi connectivity index (χ2v) is 5.48. The van der Waals surface area contributed by atoms with Gasteiger partial charge in [0.2, 0.25) is 0 Å². The summed E-state index contributed by atoms with van der Waals surface area (Å²) in [5, 5.41) is 12.0. The Balaban J connectivity index is 1.82. The molecule has 24 heavy (non-hydrogen) atoms. The van der Waals surface area contributed by atoms with Gasteiger partial charge in [0.25, 0.3) is 11.8 Å². The van der Waals surface area contributed by atoms with Gasteiger partial charge in [0.15, 0.2) is 6.61 Å². The Labute approximate surface area is 139 Å². The van der Waals surface area contributed by atoms with Gasteiger partial charge < -0.3 is 20.1 Å². The van der Waals surface area contributed by atoms with E-state index in [2.05, 4.69) is 5.32 Å². The minimum atomic E-state index is -0.247. The van der Waals surface area contributed by atoms with Gasteiger partial charge in [0.05, 0.1) is 12.3 Å². The lowest BCUT2D eigenvalue weighted by atomic mass is 10.1. The molecule has 3 rings (SSSR count). The van der Waals surface area contributed by atoms with E-state index in [9.17, 15) is 14.7 Å². The molecule has 0 aromatic heterocycles. The highest BCUT2D eigenvalue weighted by Gasteiger charge is 2.20. The second-order valence-electron chi connectivity index (χ2n) is 5.48. The van der Waals surface area contributed by atoms with Crippen LogP contribution in [0.5, 0.6) is 5.75 Å². The number of nitrogens with zero attached hydrogens (tertiary/aromatic N) is 1. The van der Waals surface area contributed by atoms with Crippen LogP contribution in [0.15, 0.2) is 48.5 Å². The van der Waals surface area contributed by atoms with Gasteiger partial charge in [0.1, 0.15) is 5.75 Å². The summed E-state index contributed by atoms with van der Waals surface area (Å²) in [5.74, 6) is 0.0852. The zero-order valence-corrected chi connectivity index (χ0v) is 13.1. The van der Waals surface area contributed by atoms with Crippen molar-refractivity contribution in [2.45, 2.75) is 6.54 Å².